The van der Waals surface area contributed by atoms with Crippen molar-refractivity contribution in [1.29, 1.82) is 0 Å². The van der Waals surface area contributed by atoms with Gasteiger partial charge in [-0.1, -0.05) is 39.8 Å². The van der Waals surface area contributed by atoms with E-state index in [9.17, 15) is 4.39 Å². The maximum absolute atomic E-state index is 14.0. The molecule has 1 aromatic carbocycles. The Kier molecular flexibility index (Phi) is 2.91. The minimum absolute atomic E-state index is 0.168. The van der Waals surface area contributed by atoms with E-state index in [2.05, 4.69) is 43.6 Å². The second-order valence-electron chi connectivity index (χ2n) is 6.09. The largest absolute Gasteiger partial charge is 0.324 e. The van der Waals surface area contributed by atoms with Gasteiger partial charge in [0.25, 0.3) is 0 Å². The van der Waals surface area contributed by atoms with Gasteiger partial charge in [-0.05, 0) is 38.7 Å². The number of hydrogen-bond acceptors (Lipinski definition) is 1. The molecule has 17 heavy (non-hydrogen) atoms. The first-order valence-corrected chi connectivity index (χ1v) is 6.70. The van der Waals surface area contributed by atoms with Crippen molar-refractivity contribution in [3.63, 3.8) is 0 Å². The molecule has 1 atom stereocenters. The Bertz CT molecular complexity index is 440. The third-order valence-electron chi connectivity index (χ3n) is 4.83. The zero-order valence-electron chi connectivity index (χ0n) is 10.7. The minimum atomic E-state index is -0.238. The summed E-state index contributed by atoms with van der Waals surface area (Å²) in [6.45, 7) is 8.81. The van der Waals surface area contributed by atoms with Crippen LogP contribution in [-0.4, -0.2) is 0 Å². The van der Waals surface area contributed by atoms with E-state index < -0.39 is 0 Å². The summed E-state index contributed by atoms with van der Waals surface area (Å²) in [6.07, 6.45) is 0. The fourth-order valence-electron chi connectivity index (χ4n) is 3.10. The molecule has 2 rings (SSSR count). The van der Waals surface area contributed by atoms with Gasteiger partial charge in [0, 0.05) is 11.6 Å². The van der Waals surface area contributed by atoms with E-state index in [4.69, 9.17) is 5.73 Å². The Morgan fingerprint density at radius 3 is 2.24 bits per heavy atom. The van der Waals surface area contributed by atoms with Crippen LogP contribution in [0.2, 0.25) is 0 Å². The van der Waals surface area contributed by atoms with Crippen LogP contribution in [0.4, 0.5) is 4.39 Å². The first kappa shape index (κ1) is 13.0. The van der Waals surface area contributed by atoms with Gasteiger partial charge in [-0.3, -0.25) is 0 Å². The molecule has 1 aliphatic carbocycles. The minimum Gasteiger partial charge on any atom is -0.324 e. The summed E-state index contributed by atoms with van der Waals surface area (Å²) in [5, 5.41) is 0. The van der Waals surface area contributed by atoms with Crippen LogP contribution < -0.4 is 5.73 Å². The van der Waals surface area contributed by atoms with Crippen LogP contribution in [0, 0.1) is 22.6 Å². The highest BCUT2D eigenvalue weighted by Gasteiger charge is 2.66. The van der Waals surface area contributed by atoms with E-state index in [0.29, 0.717) is 16.0 Å². The predicted molar refractivity (Wildman–Crippen MR) is 72.1 cm³/mol. The van der Waals surface area contributed by atoms with Crippen LogP contribution in [0.15, 0.2) is 22.7 Å². The molecule has 0 aromatic heterocycles. The highest BCUT2D eigenvalue weighted by molar-refractivity contribution is 9.10. The summed E-state index contributed by atoms with van der Waals surface area (Å²) in [7, 11) is 0. The topological polar surface area (TPSA) is 26.0 Å². The van der Waals surface area contributed by atoms with E-state index >= 15 is 0 Å². The molecule has 2 N–H and O–H groups in total. The van der Waals surface area contributed by atoms with Gasteiger partial charge in [0.15, 0.2) is 0 Å². The molecule has 0 bridgehead atoms. The van der Waals surface area contributed by atoms with E-state index in [1.807, 2.05) is 6.07 Å². The second kappa shape index (κ2) is 3.79. The molecule has 0 heterocycles. The molecule has 0 amide bonds. The maximum Gasteiger partial charge on any atom is 0.142 e. The molecule has 0 radical (unpaired) electrons. The summed E-state index contributed by atoms with van der Waals surface area (Å²) in [5.41, 5.74) is 7.21. The molecule has 3 heteroatoms. The number of halogens is 2. The smallest absolute Gasteiger partial charge is 0.142 e. The normalized spacial score (nSPS) is 23.5. The molecule has 1 nitrogen and oxygen atoms in total. The van der Waals surface area contributed by atoms with Crippen molar-refractivity contribution in [1.82, 2.24) is 0 Å². The van der Waals surface area contributed by atoms with Crippen molar-refractivity contribution in [3.05, 3.63) is 34.1 Å². The molecule has 1 aliphatic rings. The zero-order chi connectivity index (χ0) is 13.0. The maximum atomic E-state index is 14.0. The van der Waals surface area contributed by atoms with Crippen LogP contribution in [0.5, 0.6) is 0 Å². The van der Waals surface area contributed by atoms with Gasteiger partial charge in [-0.2, -0.15) is 0 Å². The molecule has 1 fully saturated rings. The molecule has 0 spiro atoms. The molecule has 1 unspecified atom stereocenters. The van der Waals surface area contributed by atoms with Crippen molar-refractivity contribution in [3.8, 4) is 0 Å². The van der Waals surface area contributed by atoms with Gasteiger partial charge < -0.3 is 5.73 Å². The molecule has 0 aliphatic heterocycles. The van der Waals surface area contributed by atoms with Crippen LogP contribution in [-0.2, 0) is 0 Å². The summed E-state index contributed by atoms with van der Waals surface area (Å²) in [6, 6.07) is 5.09. The average Bonchev–Trinajstić information content (AvgIpc) is 2.61. The first-order chi connectivity index (χ1) is 7.71. The van der Waals surface area contributed by atoms with Crippen LogP contribution in [0.3, 0.4) is 0 Å². The van der Waals surface area contributed by atoms with Gasteiger partial charge in [0.2, 0.25) is 0 Å². The van der Waals surface area contributed by atoms with E-state index in [1.165, 1.54) is 0 Å². The lowest BCUT2D eigenvalue weighted by atomic mass is 9.97. The summed E-state index contributed by atoms with van der Waals surface area (Å²) >= 11 is 3.21. The van der Waals surface area contributed by atoms with Gasteiger partial charge in [-0.25, -0.2) is 4.39 Å². The van der Waals surface area contributed by atoms with Crippen LogP contribution in [0.1, 0.15) is 39.3 Å². The van der Waals surface area contributed by atoms with Crippen molar-refractivity contribution in [2.75, 3.05) is 0 Å². The Morgan fingerprint density at radius 2 is 1.76 bits per heavy atom. The van der Waals surface area contributed by atoms with Crippen molar-refractivity contribution in [2.45, 2.75) is 33.7 Å². The number of hydrogen-bond donors (Lipinski definition) is 1. The van der Waals surface area contributed by atoms with E-state index in [1.54, 1.807) is 12.1 Å². The van der Waals surface area contributed by atoms with Crippen LogP contribution in [0.25, 0.3) is 0 Å². The fraction of sp³-hybridized carbons (Fsp3) is 0.571. The standard InChI is InChI=1S/C14H19BrFN/c1-13(2)12(14(13,3)4)11(17)8-6-5-7-9(15)10(8)16/h5-7,11-12H,17H2,1-4H3. The SMILES string of the molecule is CC1(C)C(C(N)c2cccc(Br)c2F)C1(C)C. The quantitative estimate of drug-likeness (QED) is 0.867. The third-order valence-corrected chi connectivity index (χ3v) is 5.44. The first-order valence-electron chi connectivity index (χ1n) is 5.90. The average molecular weight is 300 g/mol. The lowest BCUT2D eigenvalue weighted by Crippen LogP contribution is -2.18. The second-order valence-corrected chi connectivity index (χ2v) is 6.94. The Morgan fingerprint density at radius 1 is 1.24 bits per heavy atom. The fourth-order valence-corrected chi connectivity index (χ4v) is 3.48. The number of rotatable bonds is 2. The van der Waals surface area contributed by atoms with Crippen molar-refractivity contribution in [2.24, 2.45) is 22.5 Å². The van der Waals surface area contributed by atoms with E-state index in [-0.39, 0.29) is 22.7 Å². The summed E-state index contributed by atoms with van der Waals surface area (Å²) < 4.78 is 14.5. The monoisotopic (exact) mass is 299 g/mol. The summed E-state index contributed by atoms with van der Waals surface area (Å²) in [4.78, 5) is 0. The lowest BCUT2D eigenvalue weighted by molar-refractivity contribution is 0.457. The Labute approximate surface area is 111 Å². The number of nitrogens with two attached hydrogens (primary N) is 1. The molecular weight excluding hydrogens is 281 g/mol. The predicted octanol–water partition coefficient (Wildman–Crippen LogP) is 4.27. The molecule has 94 valence electrons. The highest BCUT2D eigenvalue weighted by Crippen LogP contribution is 2.71. The third kappa shape index (κ3) is 1.75. The van der Waals surface area contributed by atoms with Gasteiger partial charge in [0.1, 0.15) is 5.82 Å². The molecule has 1 aromatic rings. The van der Waals surface area contributed by atoms with Gasteiger partial charge >= 0.3 is 0 Å². The Balaban J connectivity index is 2.34. The van der Waals surface area contributed by atoms with Crippen LogP contribution >= 0.6 is 15.9 Å². The van der Waals surface area contributed by atoms with E-state index in [0.717, 1.165) is 0 Å². The number of benzene rings is 1. The van der Waals surface area contributed by atoms with Crippen molar-refractivity contribution < 1.29 is 4.39 Å². The van der Waals surface area contributed by atoms with Gasteiger partial charge in [-0.15, -0.1) is 0 Å². The van der Waals surface area contributed by atoms with Crippen molar-refractivity contribution >= 4 is 15.9 Å². The summed E-state index contributed by atoms with van der Waals surface area (Å²) in [5.74, 6) is 0.0947. The lowest BCUT2D eigenvalue weighted by Gasteiger charge is -2.15. The Hall–Kier alpha value is -0.410. The molecule has 1 saturated carbocycles. The molecule has 0 saturated heterocycles. The highest BCUT2D eigenvalue weighted by atomic mass is 79.9. The molecular formula is C14H19BrFN. The van der Waals surface area contributed by atoms with Gasteiger partial charge in [0.05, 0.1) is 4.47 Å². The zero-order valence-corrected chi connectivity index (χ0v) is 12.3.